The zero-order chi connectivity index (χ0) is 14.0. The Morgan fingerprint density at radius 1 is 1.20 bits per heavy atom. The molecule has 0 amide bonds. The molecule has 0 bridgehead atoms. The van der Waals surface area contributed by atoms with Gasteiger partial charge in [-0.05, 0) is 31.2 Å². The van der Waals surface area contributed by atoms with Crippen LogP contribution >= 0.6 is 24.0 Å². The van der Waals surface area contributed by atoms with Crippen molar-refractivity contribution in [2.75, 3.05) is 32.7 Å². The topological polar surface area (TPSA) is 40.6 Å². The van der Waals surface area contributed by atoms with Gasteiger partial charge in [0, 0.05) is 31.2 Å². The molecule has 0 unspecified atom stereocenters. The molecule has 1 aromatic carbocycles. The standard InChI is InChI=1S/C13H19ClN2O2S.ClH/c1-3-15-7-9-16(10-8-15)19(17,18)13-6-4-5-12(14)11(13)2;/h4-6H,3,7-10H2,1-2H3;1H. The Kier molecular flexibility index (Phi) is 6.28. The molecule has 114 valence electrons. The summed E-state index contributed by atoms with van der Waals surface area (Å²) in [5, 5.41) is 0.494. The van der Waals surface area contributed by atoms with Crippen LogP contribution in [0, 0.1) is 6.92 Å². The number of benzene rings is 1. The van der Waals surface area contributed by atoms with Crippen molar-refractivity contribution in [1.29, 1.82) is 0 Å². The van der Waals surface area contributed by atoms with E-state index in [4.69, 9.17) is 11.6 Å². The van der Waals surface area contributed by atoms with Crippen LogP contribution < -0.4 is 0 Å². The molecular weight excluding hydrogens is 319 g/mol. The number of nitrogens with zero attached hydrogens (tertiary/aromatic N) is 2. The lowest BCUT2D eigenvalue weighted by Crippen LogP contribution is -2.48. The van der Waals surface area contributed by atoms with Crippen LogP contribution in [0.1, 0.15) is 12.5 Å². The highest BCUT2D eigenvalue weighted by Gasteiger charge is 2.29. The lowest BCUT2D eigenvalue weighted by molar-refractivity contribution is 0.196. The average Bonchev–Trinajstić information content (AvgIpc) is 2.41. The van der Waals surface area contributed by atoms with E-state index < -0.39 is 10.0 Å². The predicted octanol–water partition coefficient (Wildman–Crippen LogP) is 2.40. The molecule has 1 aliphatic rings. The van der Waals surface area contributed by atoms with Crippen molar-refractivity contribution in [3.05, 3.63) is 28.8 Å². The van der Waals surface area contributed by atoms with Crippen LogP contribution in [0.3, 0.4) is 0 Å². The van der Waals surface area contributed by atoms with Gasteiger partial charge < -0.3 is 4.90 Å². The lowest BCUT2D eigenvalue weighted by atomic mass is 10.2. The van der Waals surface area contributed by atoms with Gasteiger partial charge in [-0.15, -0.1) is 12.4 Å². The molecule has 0 aromatic heterocycles. The van der Waals surface area contributed by atoms with Crippen LogP contribution in [-0.2, 0) is 10.0 Å². The molecule has 2 rings (SSSR count). The van der Waals surface area contributed by atoms with E-state index in [2.05, 4.69) is 11.8 Å². The number of hydrogen-bond acceptors (Lipinski definition) is 3. The maximum atomic E-state index is 12.6. The van der Waals surface area contributed by atoms with Crippen LogP contribution in [0.15, 0.2) is 23.1 Å². The molecule has 1 aromatic rings. The molecule has 0 saturated carbocycles. The summed E-state index contributed by atoms with van der Waals surface area (Å²) in [5.41, 5.74) is 0.627. The van der Waals surface area contributed by atoms with Gasteiger partial charge in [0.25, 0.3) is 0 Å². The van der Waals surface area contributed by atoms with Gasteiger partial charge in [-0.2, -0.15) is 4.31 Å². The summed E-state index contributed by atoms with van der Waals surface area (Å²) in [6, 6.07) is 5.03. The molecule has 20 heavy (non-hydrogen) atoms. The van der Waals surface area contributed by atoms with Crippen molar-refractivity contribution in [3.63, 3.8) is 0 Å². The van der Waals surface area contributed by atoms with Crippen LogP contribution in [-0.4, -0.2) is 50.3 Å². The molecule has 7 heteroatoms. The summed E-state index contributed by atoms with van der Waals surface area (Å²) in [6.45, 7) is 7.46. The summed E-state index contributed by atoms with van der Waals surface area (Å²) in [5.74, 6) is 0. The second-order valence-corrected chi connectivity index (χ2v) is 7.01. The van der Waals surface area contributed by atoms with Crippen LogP contribution in [0.2, 0.25) is 5.02 Å². The van der Waals surface area contributed by atoms with Crippen molar-refractivity contribution in [3.8, 4) is 0 Å². The molecule has 4 nitrogen and oxygen atoms in total. The first-order chi connectivity index (χ1) is 8.96. The Morgan fingerprint density at radius 2 is 1.80 bits per heavy atom. The number of likely N-dealkylation sites (N-methyl/N-ethyl adjacent to an activating group) is 1. The third kappa shape index (κ3) is 3.46. The highest BCUT2D eigenvalue weighted by Crippen LogP contribution is 2.26. The van der Waals surface area contributed by atoms with Gasteiger partial charge in [-0.3, -0.25) is 0 Å². The average molecular weight is 339 g/mol. The third-order valence-electron chi connectivity index (χ3n) is 3.61. The monoisotopic (exact) mass is 338 g/mol. The molecule has 0 atom stereocenters. The maximum absolute atomic E-state index is 12.6. The first kappa shape index (κ1) is 17.7. The fourth-order valence-electron chi connectivity index (χ4n) is 2.29. The van der Waals surface area contributed by atoms with Crippen molar-refractivity contribution < 1.29 is 8.42 Å². The molecule has 0 radical (unpaired) electrons. The van der Waals surface area contributed by atoms with Crippen LogP contribution in [0.4, 0.5) is 0 Å². The van der Waals surface area contributed by atoms with Gasteiger partial charge in [0.05, 0.1) is 4.90 Å². The zero-order valence-electron chi connectivity index (χ0n) is 11.7. The van der Waals surface area contributed by atoms with E-state index >= 15 is 0 Å². The maximum Gasteiger partial charge on any atom is 0.243 e. The van der Waals surface area contributed by atoms with Crippen molar-refractivity contribution in [1.82, 2.24) is 9.21 Å². The third-order valence-corrected chi connectivity index (χ3v) is 6.07. The summed E-state index contributed by atoms with van der Waals surface area (Å²) >= 11 is 6.01. The van der Waals surface area contributed by atoms with E-state index in [1.54, 1.807) is 29.4 Å². The van der Waals surface area contributed by atoms with E-state index in [0.29, 0.717) is 28.6 Å². The van der Waals surface area contributed by atoms with Gasteiger partial charge >= 0.3 is 0 Å². The first-order valence-corrected chi connectivity index (χ1v) is 8.26. The molecule has 1 heterocycles. The molecule has 0 spiro atoms. The Hall–Kier alpha value is -0.330. The van der Waals surface area contributed by atoms with E-state index in [0.717, 1.165) is 19.6 Å². The van der Waals surface area contributed by atoms with Crippen molar-refractivity contribution >= 4 is 34.0 Å². The number of hydrogen-bond donors (Lipinski definition) is 0. The summed E-state index contributed by atoms with van der Waals surface area (Å²) in [4.78, 5) is 2.57. The Morgan fingerprint density at radius 3 is 2.35 bits per heavy atom. The Balaban J connectivity index is 0.00000200. The number of sulfonamides is 1. The Labute approximate surface area is 132 Å². The van der Waals surface area contributed by atoms with Crippen molar-refractivity contribution in [2.45, 2.75) is 18.7 Å². The predicted molar refractivity (Wildman–Crippen MR) is 84.3 cm³/mol. The highest BCUT2D eigenvalue weighted by atomic mass is 35.5. The molecular formula is C13H20Cl2N2O2S. The lowest BCUT2D eigenvalue weighted by Gasteiger charge is -2.33. The summed E-state index contributed by atoms with van der Waals surface area (Å²) in [7, 11) is -3.42. The highest BCUT2D eigenvalue weighted by molar-refractivity contribution is 7.89. The molecule has 0 aliphatic carbocycles. The van der Waals surface area contributed by atoms with Crippen LogP contribution in [0.25, 0.3) is 0 Å². The largest absolute Gasteiger partial charge is 0.301 e. The Bertz CT molecular complexity index is 555. The van der Waals surface area contributed by atoms with E-state index in [1.807, 2.05) is 0 Å². The second kappa shape index (κ2) is 7.09. The van der Waals surface area contributed by atoms with Crippen LogP contribution in [0.5, 0.6) is 0 Å². The quantitative estimate of drug-likeness (QED) is 0.849. The van der Waals surface area contributed by atoms with Crippen molar-refractivity contribution in [2.24, 2.45) is 0 Å². The minimum atomic E-state index is -3.42. The molecule has 1 saturated heterocycles. The summed E-state index contributed by atoms with van der Waals surface area (Å²) < 4.78 is 26.8. The minimum absolute atomic E-state index is 0. The normalized spacial score (nSPS) is 17.8. The smallest absolute Gasteiger partial charge is 0.243 e. The van der Waals surface area contributed by atoms with Gasteiger partial charge in [0.1, 0.15) is 0 Å². The fraction of sp³-hybridized carbons (Fsp3) is 0.538. The first-order valence-electron chi connectivity index (χ1n) is 6.44. The van der Waals surface area contributed by atoms with E-state index in [9.17, 15) is 8.42 Å². The van der Waals surface area contributed by atoms with E-state index in [1.165, 1.54) is 0 Å². The molecule has 1 fully saturated rings. The van der Waals surface area contributed by atoms with E-state index in [-0.39, 0.29) is 12.4 Å². The fourth-order valence-corrected chi connectivity index (χ4v) is 4.19. The SMILES string of the molecule is CCN1CCN(S(=O)(=O)c2cccc(Cl)c2C)CC1.Cl. The second-order valence-electron chi connectivity index (χ2n) is 4.70. The number of halogens is 2. The summed E-state index contributed by atoms with van der Waals surface area (Å²) in [6.07, 6.45) is 0. The van der Waals surface area contributed by atoms with Gasteiger partial charge in [0.2, 0.25) is 10.0 Å². The number of rotatable bonds is 3. The number of piperazine rings is 1. The van der Waals surface area contributed by atoms with Gasteiger partial charge in [-0.25, -0.2) is 8.42 Å². The van der Waals surface area contributed by atoms with Gasteiger partial charge in [0.15, 0.2) is 0 Å². The molecule has 1 aliphatic heterocycles. The minimum Gasteiger partial charge on any atom is -0.301 e. The molecule has 0 N–H and O–H groups in total. The zero-order valence-corrected chi connectivity index (χ0v) is 14.1. The van der Waals surface area contributed by atoms with Gasteiger partial charge in [-0.1, -0.05) is 24.6 Å².